The lowest BCUT2D eigenvalue weighted by Gasteiger charge is -2.30. The SMILES string of the molecule is Cn1cnnc1[C@H]1CCCN(S(=O)(=O)c2cccs2)C1. The Balaban J connectivity index is 1.84. The van der Waals surface area contributed by atoms with Crippen molar-refractivity contribution in [3.63, 3.8) is 0 Å². The summed E-state index contributed by atoms with van der Waals surface area (Å²) in [5, 5.41) is 9.78. The summed E-state index contributed by atoms with van der Waals surface area (Å²) >= 11 is 1.26. The van der Waals surface area contributed by atoms with E-state index in [1.165, 1.54) is 11.3 Å². The molecule has 0 radical (unpaired) electrons. The largest absolute Gasteiger partial charge is 0.320 e. The second kappa shape index (κ2) is 5.27. The Hall–Kier alpha value is -1.25. The van der Waals surface area contributed by atoms with Gasteiger partial charge in [-0.25, -0.2) is 8.42 Å². The van der Waals surface area contributed by atoms with Crippen molar-refractivity contribution >= 4 is 21.4 Å². The third-order valence-corrected chi connectivity index (χ3v) is 6.82. The van der Waals surface area contributed by atoms with E-state index in [9.17, 15) is 8.42 Å². The highest BCUT2D eigenvalue weighted by Crippen LogP contribution is 2.30. The monoisotopic (exact) mass is 312 g/mol. The zero-order valence-electron chi connectivity index (χ0n) is 11.1. The number of piperidine rings is 1. The molecule has 108 valence electrons. The van der Waals surface area contributed by atoms with Crippen LogP contribution in [0.5, 0.6) is 0 Å². The molecule has 6 nitrogen and oxygen atoms in total. The lowest BCUT2D eigenvalue weighted by molar-refractivity contribution is 0.306. The lowest BCUT2D eigenvalue weighted by atomic mass is 9.99. The highest BCUT2D eigenvalue weighted by Gasteiger charge is 2.32. The second-order valence-corrected chi connectivity index (χ2v) is 8.05. The van der Waals surface area contributed by atoms with E-state index in [2.05, 4.69) is 10.2 Å². The molecule has 1 aliphatic heterocycles. The number of rotatable bonds is 3. The number of hydrogen-bond donors (Lipinski definition) is 0. The van der Waals surface area contributed by atoms with E-state index < -0.39 is 10.0 Å². The van der Waals surface area contributed by atoms with Crippen molar-refractivity contribution in [2.24, 2.45) is 7.05 Å². The Morgan fingerprint density at radius 3 is 2.95 bits per heavy atom. The minimum Gasteiger partial charge on any atom is -0.320 e. The first-order valence-corrected chi connectivity index (χ1v) is 8.78. The van der Waals surface area contributed by atoms with Gasteiger partial charge in [0.2, 0.25) is 0 Å². The zero-order chi connectivity index (χ0) is 14.2. The molecule has 0 spiro atoms. The van der Waals surface area contributed by atoms with Gasteiger partial charge < -0.3 is 4.57 Å². The van der Waals surface area contributed by atoms with Crippen molar-refractivity contribution in [3.8, 4) is 0 Å². The third kappa shape index (κ3) is 2.38. The van der Waals surface area contributed by atoms with Crippen LogP contribution in [-0.2, 0) is 17.1 Å². The first kappa shape index (κ1) is 13.7. The molecule has 0 aliphatic carbocycles. The van der Waals surface area contributed by atoms with Crippen molar-refractivity contribution in [2.75, 3.05) is 13.1 Å². The van der Waals surface area contributed by atoms with Gasteiger partial charge in [-0.1, -0.05) is 6.07 Å². The van der Waals surface area contributed by atoms with Crippen LogP contribution < -0.4 is 0 Å². The quantitative estimate of drug-likeness (QED) is 0.860. The van der Waals surface area contributed by atoms with E-state index in [-0.39, 0.29) is 5.92 Å². The normalized spacial score (nSPS) is 21.1. The molecule has 1 fully saturated rings. The molecule has 2 aromatic heterocycles. The summed E-state index contributed by atoms with van der Waals surface area (Å²) in [6.45, 7) is 1.06. The summed E-state index contributed by atoms with van der Waals surface area (Å²) in [5.74, 6) is 0.974. The molecule has 0 bridgehead atoms. The topological polar surface area (TPSA) is 68.1 Å². The van der Waals surface area contributed by atoms with Gasteiger partial charge in [0.1, 0.15) is 16.4 Å². The van der Waals surface area contributed by atoms with Crippen LogP contribution in [0.4, 0.5) is 0 Å². The highest BCUT2D eigenvalue weighted by atomic mass is 32.2. The fourth-order valence-corrected chi connectivity index (χ4v) is 5.24. The molecule has 1 atom stereocenters. The maximum atomic E-state index is 12.5. The minimum absolute atomic E-state index is 0.117. The molecule has 0 N–H and O–H groups in total. The molecule has 8 heteroatoms. The first-order chi connectivity index (χ1) is 9.59. The zero-order valence-corrected chi connectivity index (χ0v) is 12.8. The van der Waals surface area contributed by atoms with Crippen molar-refractivity contribution in [2.45, 2.75) is 23.0 Å². The summed E-state index contributed by atoms with van der Waals surface area (Å²) in [6.07, 6.45) is 3.45. The number of thiophene rings is 1. The van der Waals surface area contributed by atoms with E-state index >= 15 is 0 Å². The summed E-state index contributed by atoms with van der Waals surface area (Å²) in [5.41, 5.74) is 0. The van der Waals surface area contributed by atoms with Crippen LogP contribution in [0.3, 0.4) is 0 Å². The molecule has 3 rings (SSSR count). The number of aryl methyl sites for hydroxylation is 1. The maximum Gasteiger partial charge on any atom is 0.252 e. The molecule has 20 heavy (non-hydrogen) atoms. The van der Waals surface area contributed by atoms with Gasteiger partial charge in [0, 0.05) is 26.1 Å². The highest BCUT2D eigenvalue weighted by molar-refractivity contribution is 7.91. The number of nitrogens with zero attached hydrogens (tertiary/aromatic N) is 4. The molecule has 0 saturated carbocycles. The lowest BCUT2D eigenvalue weighted by Crippen LogP contribution is -2.39. The molecule has 3 heterocycles. The Bertz CT molecular complexity index is 678. The second-order valence-electron chi connectivity index (χ2n) is 4.93. The maximum absolute atomic E-state index is 12.5. The molecule has 1 aliphatic rings. The molecular weight excluding hydrogens is 296 g/mol. The summed E-state index contributed by atoms with van der Waals surface area (Å²) in [7, 11) is -1.47. The summed E-state index contributed by atoms with van der Waals surface area (Å²) in [6, 6.07) is 3.42. The average molecular weight is 312 g/mol. The average Bonchev–Trinajstić information content (AvgIpc) is 3.10. The van der Waals surface area contributed by atoms with Crippen molar-refractivity contribution in [1.29, 1.82) is 0 Å². The van der Waals surface area contributed by atoms with Crippen LogP contribution in [0.2, 0.25) is 0 Å². The summed E-state index contributed by atoms with van der Waals surface area (Å²) in [4.78, 5) is 0. The van der Waals surface area contributed by atoms with Gasteiger partial charge in [-0.05, 0) is 24.3 Å². The van der Waals surface area contributed by atoms with Crippen LogP contribution in [0, 0.1) is 0 Å². The number of sulfonamides is 1. The van der Waals surface area contributed by atoms with Crippen LogP contribution >= 0.6 is 11.3 Å². The van der Waals surface area contributed by atoms with Crippen molar-refractivity contribution in [3.05, 3.63) is 29.7 Å². The van der Waals surface area contributed by atoms with E-state index in [0.29, 0.717) is 17.3 Å². The smallest absolute Gasteiger partial charge is 0.252 e. The number of aromatic nitrogens is 3. The molecule has 0 amide bonds. The molecule has 0 aromatic carbocycles. The molecule has 1 saturated heterocycles. The van der Waals surface area contributed by atoms with Crippen LogP contribution in [0.1, 0.15) is 24.6 Å². The number of hydrogen-bond acceptors (Lipinski definition) is 5. The Morgan fingerprint density at radius 2 is 2.30 bits per heavy atom. The Morgan fingerprint density at radius 1 is 1.45 bits per heavy atom. The standard InChI is InChI=1S/C12H16N4O2S2/c1-15-9-13-14-12(15)10-4-2-6-16(8-10)20(17,18)11-5-3-7-19-11/h3,5,7,9-10H,2,4,6,8H2,1H3/t10-/m0/s1. The molecular formula is C12H16N4O2S2. The summed E-state index contributed by atoms with van der Waals surface area (Å²) < 4.78 is 28.9. The fraction of sp³-hybridized carbons (Fsp3) is 0.500. The Kier molecular flexibility index (Phi) is 3.61. The van der Waals surface area contributed by atoms with E-state index in [1.807, 2.05) is 11.6 Å². The van der Waals surface area contributed by atoms with Crippen LogP contribution in [0.15, 0.2) is 28.0 Å². The van der Waals surface area contributed by atoms with Gasteiger partial charge in [-0.3, -0.25) is 0 Å². The van der Waals surface area contributed by atoms with Gasteiger partial charge in [0.05, 0.1) is 0 Å². The van der Waals surface area contributed by atoms with Crippen molar-refractivity contribution < 1.29 is 8.42 Å². The van der Waals surface area contributed by atoms with Crippen molar-refractivity contribution in [1.82, 2.24) is 19.1 Å². The van der Waals surface area contributed by atoms with Crippen LogP contribution in [0.25, 0.3) is 0 Å². The van der Waals surface area contributed by atoms with Crippen LogP contribution in [-0.4, -0.2) is 40.6 Å². The van der Waals surface area contributed by atoms with E-state index in [0.717, 1.165) is 18.7 Å². The minimum atomic E-state index is -3.36. The Labute approximate surface area is 122 Å². The molecule has 2 aromatic rings. The van der Waals surface area contributed by atoms with Gasteiger partial charge in [0.25, 0.3) is 10.0 Å². The molecule has 0 unspecified atom stereocenters. The van der Waals surface area contributed by atoms with E-state index in [4.69, 9.17) is 0 Å². The fourth-order valence-electron chi connectivity index (χ4n) is 2.57. The van der Waals surface area contributed by atoms with E-state index in [1.54, 1.807) is 28.1 Å². The van der Waals surface area contributed by atoms with Gasteiger partial charge >= 0.3 is 0 Å². The van der Waals surface area contributed by atoms with Gasteiger partial charge in [-0.2, -0.15) is 4.31 Å². The third-order valence-electron chi connectivity index (χ3n) is 3.58. The first-order valence-electron chi connectivity index (χ1n) is 6.46. The predicted molar refractivity (Wildman–Crippen MR) is 76.1 cm³/mol. The van der Waals surface area contributed by atoms with Gasteiger partial charge in [-0.15, -0.1) is 21.5 Å². The van der Waals surface area contributed by atoms with Gasteiger partial charge in [0.15, 0.2) is 0 Å². The predicted octanol–water partition coefficient (Wildman–Crippen LogP) is 1.44.